The lowest BCUT2D eigenvalue weighted by atomic mass is 10.3. The maximum Gasteiger partial charge on any atom is 0.141 e. The van der Waals surface area contributed by atoms with Crippen molar-refractivity contribution in [3.63, 3.8) is 0 Å². The number of aryl methyl sites for hydroxylation is 2. The molecule has 2 aromatic heterocycles. The van der Waals surface area contributed by atoms with Crippen molar-refractivity contribution in [2.24, 2.45) is 0 Å². The van der Waals surface area contributed by atoms with E-state index >= 15 is 0 Å². The first-order chi connectivity index (χ1) is 10.1. The third-order valence-corrected chi connectivity index (χ3v) is 4.38. The highest BCUT2D eigenvalue weighted by Gasteiger charge is 2.12. The van der Waals surface area contributed by atoms with Gasteiger partial charge in [-0.3, -0.25) is 4.90 Å². The maximum absolute atomic E-state index is 4.40. The average Bonchev–Trinajstić information content (AvgIpc) is 3.05. The van der Waals surface area contributed by atoms with Crippen molar-refractivity contribution in [2.45, 2.75) is 33.5 Å². The second kappa shape index (κ2) is 7.68. The molecule has 5 nitrogen and oxygen atoms in total. The molecule has 0 spiro atoms. The van der Waals surface area contributed by atoms with Crippen LogP contribution in [0.25, 0.3) is 0 Å². The van der Waals surface area contributed by atoms with Gasteiger partial charge < -0.3 is 4.90 Å². The highest BCUT2D eigenvalue weighted by molar-refractivity contribution is 7.11. The van der Waals surface area contributed by atoms with Crippen molar-refractivity contribution in [1.29, 1.82) is 0 Å². The van der Waals surface area contributed by atoms with E-state index in [4.69, 9.17) is 0 Å². The van der Waals surface area contributed by atoms with Crippen LogP contribution < -0.4 is 0 Å². The van der Waals surface area contributed by atoms with Crippen molar-refractivity contribution in [3.8, 4) is 0 Å². The minimum Gasteiger partial charge on any atom is -0.308 e. The zero-order valence-corrected chi connectivity index (χ0v) is 14.2. The molecule has 0 amide bonds. The van der Waals surface area contributed by atoms with Gasteiger partial charge in [-0.05, 0) is 40.1 Å². The molecule has 0 N–H and O–H groups in total. The summed E-state index contributed by atoms with van der Waals surface area (Å²) in [7, 11) is 4.23. The molecule has 0 aromatic carbocycles. The summed E-state index contributed by atoms with van der Waals surface area (Å²) in [5, 5.41) is 4.27. The Morgan fingerprint density at radius 2 is 2.00 bits per heavy atom. The number of aromatic nitrogens is 3. The van der Waals surface area contributed by atoms with E-state index in [-0.39, 0.29) is 0 Å². The summed E-state index contributed by atoms with van der Waals surface area (Å²) >= 11 is 1.87. The molecule has 0 fully saturated rings. The molecule has 0 unspecified atom stereocenters. The lowest BCUT2D eigenvalue weighted by Crippen LogP contribution is -2.31. The first kappa shape index (κ1) is 16.1. The van der Waals surface area contributed by atoms with Gasteiger partial charge >= 0.3 is 0 Å². The monoisotopic (exact) mass is 307 g/mol. The van der Waals surface area contributed by atoms with Gasteiger partial charge in [0.15, 0.2) is 0 Å². The first-order valence-electron chi connectivity index (χ1n) is 7.37. The van der Waals surface area contributed by atoms with E-state index in [0.717, 1.165) is 38.5 Å². The third kappa shape index (κ3) is 4.91. The fourth-order valence-electron chi connectivity index (χ4n) is 2.22. The summed E-state index contributed by atoms with van der Waals surface area (Å²) in [6.45, 7) is 9.03. The van der Waals surface area contributed by atoms with Crippen LogP contribution in [0.2, 0.25) is 0 Å². The number of nitrogens with zero attached hydrogens (tertiary/aromatic N) is 5. The van der Waals surface area contributed by atoms with E-state index in [1.165, 1.54) is 9.75 Å². The number of rotatable bonds is 8. The molecular weight excluding hydrogens is 282 g/mol. The predicted octanol–water partition coefficient (Wildman–Crippen LogP) is 2.23. The molecule has 0 bridgehead atoms. The normalized spacial score (nSPS) is 11.7. The van der Waals surface area contributed by atoms with Gasteiger partial charge in [0.25, 0.3) is 0 Å². The third-order valence-electron chi connectivity index (χ3n) is 3.40. The molecule has 0 saturated heterocycles. The molecule has 116 valence electrons. The molecule has 2 aromatic rings. The Kier molecular flexibility index (Phi) is 5.90. The van der Waals surface area contributed by atoms with Gasteiger partial charge in [-0.15, -0.1) is 11.3 Å². The van der Waals surface area contributed by atoms with E-state index in [0.29, 0.717) is 0 Å². The Hall–Kier alpha value is -1.24. The molecule has 0 radical (unpaired) electrons. The van der Waals surface area contributed by atoms with Gasteiger partial charge in [-0.1, -0.05) is 0 Å². The zero-order chi connectivity index (χ0) is 15.2. The second-order valence-corrected chi connectivity index (χ2v) is 6.89. The molecule has 0 aliphatic heterocycles. The fourth-order valence-corrected chi connectivity index (χ4v) is 3.15. The molecule has 0 aliphatic carbocycles. The summed E-state index contributed by atoms with van der Waals surface area (Å²) in [4.78, 5) is 11.8. The maximum atomic E-state index is 4.40. The summed E-state index contributed by atoms with van der Waals surface area (Å²) in [6.07, 6.45) is 1.65. The highest BCUT2D eigenvalue weighted by Crippen LogP contribution is 2.18. The topological polar surface area (TPSA) is 37.2 Å². The molecular formula is C15H25N5S. The highest BCUT2D eigenvalue weighted by atomic mass is 32.1. The summed E-state index contributed by atoms with van der Waals surface area (Å²) in [6, 6.07) is 4.42. The second-order valence-electron chi connectivity index (χ2n) is 5.52. The van der Waals surface area contributed by atoms with Crippen LogP contribution >= 0.6 is 11.3 Å². The molecule has 0 saturated carbocycles. The van der Waals surface area contributed by atoms with Crippen LogP contribution in [0, 0.1) is 6.92 Å². The quantitative estimate of drug-likeness (QED) is 0.749. The van der Waals surface area contributed by atoms with E-state index in [1.807, 2.05) is 16.0 Å². The Labute approximate surface area is 131 Å². The van der Waals surface area contributed by atoms with Crippen molar-refractivity contribution in [1.82, 2.24) is 24.6 Å². The van der Waals surface area contributed by atoms with Crippen LogP contribution in [0.1, 0.15) is 22.5 Å². The Balaban J connectivity index is 2.04. The van der Waals surface area contributed by atoms with Gasteiger partial charge in [0.05, 0.1) is 6.54 Å². The van der Waals surface area contributed by atoms with Gasteiger partial charge in [-0.25, -0.2) is 9.67 Å². The van der Waals surface area contributed by atoms with Crippen LogP contribution in [0.5, 0.6) is 0 Å². The van der Waals surface area contributed by atoms with E-state index in [2.05, 4.69) is 60.0 Å². The zero-order valence-electron chi connectivity index (χ0n) is 13.4. The van der Waals surface area contributed by atoms with Crippen LogP contribution in [0.3, 0.4) is 0 Å². The molecule has 6 heteroatoms. The number of hydrogen-bond donors (Lipinski definition) is 0. The van der Waals surface area contributed by atoms with E-state index < -0.39 is 0 Å². The van der Waals surface area contributed by atoms with Crippen LogP contribution in [0.15, 0.2) is 18.5 Å². The van der Waals surface area contributed by atoms with Crippen molar-refractivity contribution in [2.75, 3.05) is 27.2 Å². The first-order valence-corrected chi connectivity index (χ1v) is 8.19. The number of likely N-dealkylation sites (N-methyl/N-ethyl adjacent to an activating group) is 1. The Bertz CT molecular complexity index is 546. The summed E-state index contributed by atoms with van der Waals surface area (Å²) < 4.78 is 1.97. The van der Waals surface area contributed by atoms with Gasteiger partial charge in [-0.2, -0.15) is 5.10 Å². The molecule has 2 heterocycles. The Morgan fingerprint density at radius 1 is 1.19 bits per heavy atom. The minimum absolute atomic E-state index is 0.846. The van der Waals surface area contributed by atoms with Crippen molar-refractivity contribution in [3.05, 3.63) is 34.0 Å². The van der Waals surface area contributed by atoms with Crippen molar-refractivity contribution >= 4 is 11.3 Å². The van der Waals surface area contributed by atoms with Crippen LogP contribution in [-0.2, 0) is 19.6 Å². The minimum atomic E-state index is 0.846. The lowest BCUT2D eigenvalue weighted by molar-refractivity contribution is 0.219. The molecule has 2 rings (SSSR count). The van der Waals surface area contributed by atoms with Crippen LogP contribution in [-0.4, -0.2) is 51.7 Å². The van der Waals surface area contributed by atoms with Gasteiger partial charge in [0.1, 0.15) is 12.2 Å². The van der Waals surface area contributed by atoms with E-state index in [1.54, 1.807) is 6.33 Å². The van der Waals surface area contributed by atoms with Gasteiger partial charge in [0.2, 0.25) is 0 Å². The molecule has 0 atom stereocenters. The SMILES string of the molecule is CCn1ncnc1CN(CCN(C)C)Cc1ccc(C)s1. The smallest absolute Gasteiger partial charge is 0.141 e. The predicted molar refractivity (Wildman–Crippen MR) is 87.4 cm³/mol. The lowest BCUT2D eigenvalue weighted by Gasteiger charge is -2.23. The molecule has 21 heavy (non-hydrogen) atoms. The van der Waals surface area contributed by atoms with E-state index in [9.17, 15) is 0 Å². The summed E-state index contributed by atoms with van der Waals surface area (Å²) in [5.74, 6) is 1.05. The Morgan fingerprint density at radius 3 is 2.62 bits per heavy atom. The number of thiophene rings is 1. The largest absolute Gasteiger partial charge is 0.308 e. The molecule has 0 aliphatic rings. The van der Waals surface area contributed by atoms with Crippen molar-refractivity contribution < 1.29 is 0 Å². The number of hydrogen-bond acceptors (Lipinski definition) is 5. The standard InChI is InChI=1S/C15H25N5S/c1-5-20-15(16-12-17-20)11-19(9-8-18(3)4)10-14-7-6-13(2)21-14/h6-7,12H,5,8-11H2,1-4H3. The average molecular weight is 307 g/mol. The summed E-state index contributed by atoms with van der Waals surface area (Å²) in [5.41, 5.74) is 0. The van der Waals surface area contributed by atoms with Gasteiger partial charge in [0, 0.05) is 35.9 Å². The van der Waals surface area contributed by atoms with Crippen LogP contribution in [0.4, 0.5) is 0 Å². The fraction of sp³-hybridized carbons (Fsp3) is 0.600.